The molecule has 2 bridgehead atoms. The molecule has 2 fully saturated rings. The Morgan fingerprint density at radius 1 is 1.15 bits per heavy atom. The molecule has 0 saturated carbocycles. The van der Waals surface area contributed by atoms with Crippen molar-refractivity contribution in [2.45, 2.75) is 57.0 Å². The van der Waals surface area contributed by atoms with Crippen LogP contribution in [0.25, 0.3) is 0 Å². The van der Waals surface area contributed by atoms with Gasteiger partial charge in [0, 0.05) is 31.8 Å². The number of ether oxygens (including phenoxy) is 1. The van der Waals surface area contributed by atoms with E-state index in [-0.39, 0.29) is 0 Å². The largest absolute Gasteiger partial charge is 0.380 e. The van der Waals surface area contributed by atoms with Crippen LogP contribution in [-0.4, -0.2) is 37.2 Å². The van der Waals surface area contributed by atoms with Gasteiger partial charge < -0.3 is 10.1 Å². The molecule has 0 amide bonds. The minimum Gasteiger partial charge on any atom is -0.380 e. The Kier molecular flexibility index (Phi) is 4.39. The summed E-state index contributed by atoms with van der Waals surface area (Å²) in [6.07, 6.45) is 5.35. The number of rotatable bonds is 5. The number of methoxy groups -OCH3 is 1. The van der Waals surface area contributed by atoms with E-state index in [1.165, 1.54) is 36.8 Å². The number of fused-ring (bicyclic) bond motifs is 2. The number of piperidine rings is 1. The Morgan fingerprint density at radius 3 is 2.45 bits per heavy atom. The summed E-state index contributed by atoms with van der Waals surface area (Å²) in [5.74, 6) is 0. The minimum atomic E-state index is 0.710. The number of benzene rings is 1. The monoisotopic (exact) mass is 274 g/mol. The fraction of sp³-hybridized carbons (Fsp3) is 0.647. The van der Waals surface area contributed by atoms with Crippen LogP contribution in [-0.2, 0) is 17.9 Å². The summed E-state index contributed by atoms with van der Waals surface area (Å²) in [4.78, 5) is 2.54. The van der Waals surface area contributed by atoms with Crippen molar-refractivity contribution in [1.82, 2.24) is 10.2 Å². The van der Waals surface area contributed by atoms with Crippen molar-refractivity contribution < 1.29 is 4.74 Å². The molecule has 0 aliphatic carbocycles. The second-order valence-electron chi connectivity index (χ2n) is 6.38. The maximum absolute atomic E-state index is 5.31. The third-order valence-electron chi connectivity index (χ3n) is 4.91. The van der Waals surface area contributed by atoms with Crippen LogP contribution in [0.4, 0.5) is 0 Å². The van der Waals surface area contributed by atoms with Crippen LogP contribution in [0.15, 0.2) is 24.3 Å². The summed E-state index contributed by atoms with van der Waals surface area (Å²) in [6, 6.07) is 10.9. The standard InChI is InChI=1S/C17H26N2O/c1-19(17-9-15-7-8-16(10-17)18-15)11-13-5-3-4-6-14(13)12-20-2/h3-6,15-18H,7-12H2,1-2H3. The van der Waals surface area contributed by atoms with Crippen LogP contribution < -0.4 is 5.32 Å². The third kappa shape index (κ3) is 3.05. The summed E-state index contributed by atoms with van der Waals surface area (Å²) in [5.41, 5.74) is 2.72. The van der Waals surface area contributed by atoms with E-state index in [1.54, 1.807) is 7.11 Å². The van der Waals surface area contributed by atoms with E-state index in [2.05, 4.69) is 41.5 Å². The maximum Gasteiger partial charge on any atom is 0.0716 e. The molecule has 2 aliphatic heterocycles. The molecule has 3 nitrogen and oxygen atoms in total. The number of nitrogens with one attached hydrogen (secondary N) is 1. The highest BCUT2D eigenvalue weighted by Gasteiger charge is 2.34. The van der Waals surface area contributed by atoms with Crippen LogP contribution >= 0.6 is 0 Å². The predicted octanol–water partition coefficient (Wildman–Crippen LogP) is 2.55. The van der Waals surface area contributed by atoms with Crippen molar-refractivity contribution in [3.05, 3.63) is 35.4 Å². The number of nitrogens with zero attached hydrogens (tertiary/aromatic N) is 1. The Balaban J connectivity index is 1.65. The Bertz CT molecular complexity index is 436. The highest BCUT2D eigenvalue weighted by Crippen LogP contribution is 2.30. The first kappa shape index (κ1) is 14.1. The minimum absolute atomic E-state index is 0.710. The van der Waals surface area contributed by atoms with E-state index in [1.807, 2.05) is 0 Å². The van der Waals surface area contributed by atoms with E-state index in [4.69, 9.17) is 4.74 Å². The lowest BCUT2D eigenvalue weighted by atomic mass is 9.97. The van der Waals surface area contributed by atoms with Crippen LogP contribution in [0.5, 0.6) is 0 Å². The van der Waals surface area contributed by atoms with Gasteiger partial charge in [-0.25, -0.2) is 0 Å². The lowest BCUT2D eigenvalue weighted by molar-refractivity contribution is 0.160. The number of hydrogen-bond donors (Lipinski definition) is 1. The van der Waals surface area contributed by atoms with Crippen molar-refractivity contribution >= 4 is 0 Å². The fourth-order valence-corrected chi connectivity index (χ4v) is 3.79. The smallest absolute Gasteiger partial charge is 0.0716 e. The molecule has 110 valence electrons. The van der Waals surface area contributed by atoms with Crippen LogP contribution in [0.3, 0.4) is 0 Å². The normalized spacial score (nSPS) is 29.1. The lowest BCUT2D eigenvalue weighted by Crippen LogP contribution is -2.46. The van der Waals surface area contributed by atoms with Gasteiger partial charge in [0.15, 0.2) is 0 Å². The summed E-state index contributed by atoms with van der Waals surface area (Å²) >= 11 is 0. The van der Waals surface area contributed by atoms with E-state index >= 15 is 0 Å². The molecule has 1 N–H and O–H groups in total. The zero-order valence-electron chi connectivity index (χ0n) is 12.6. The highest BCUT2D eigenvalue weighted by molar-refractivity contribution is 5.26. The molecule has 2 unspecified atom stereocenters. The van der Waals surface area contributed by atoms with Gasteiger partial charge >= 0.3 is 0 Å². The highest BCUT2D eigenvalue weighted by atomic mass is 16.5. The molecular weight excluding hydrogens is 248 g/mol. The van der Waals surface area contributed by atoms with E-state index in [9.17, 15) is 0 Å². The van der Waals surface area contributed by atoms with Crippen molar-refractivity contribution in [2.75, 3.05) is 14.2 Å². The molecule has 3 heteroatoms. The van der Waals surface area contributed by atoms with Crippen molar-refractivity contribution in [2.24, 2.45) is 0 Å². The molecule has 2 aliphatic rings. The molecule has 3 rings (SSSR count). The first-order chi connectivity index (χ1) is 9.76. The van der Waals surface area contributed by atoms with Gasteiger partial charge in [-0.1, -0.05) is 24.3 Å². The Morgan fingerprint density at radius 2 is 1.80 bits per heavy atom. The molecular formula is C17H26N2O. The first-order valence-electron chi connectivity index (χ1n) is 7.78. The maximum atomic E-state index is 5.31. The summed E-state index contributed by atoms with van der Waals surface area (Å²) in [6.45, 7) is 1.74. The summed E-state index contributed by atoms with van der Waals surface area (Å²) in [7, 11) is 4.05. The van der Waals surface area contributed by atoms with E-state index < -0.39 is 0 Å². The zero-order valence-corrected chi connectivity index (χ0v) is 12.6. The molecule has 2 heterocycles. The molecule has 2 atom stereocenters. The van der Waals surface area contributed by atoms with Gasteiger partial charge in [-0.2, -0.15) is 0 Å². The van der Waals surface area contributed by atoms with Crippen molar-refractivity contribution in [3.8, 4) is 0 Å². The molecule has 0 aromatic heterocycles. The molecule has 2 saturated heterocycles. The quantitative estimate of drug-likeness (QED) is 0.893. The van der Waals surface area contributed by atoms with E-state index in [0.717, 1.165) is 24.7 Å². The summed E-state index contributed by atoms with van der Waals surface area (Å²) < 4.78 is 5.31. The number of hydrogen-bond acceptors (Lipinski definition) is 3. The lowest BCUT2D eigenvalue weighted by Gasteiger charge is -2.36. The van der Waals surface area contributed by atoms with Gasteiger partial charge in [0.05, 0.1) is 6.61 Å². The van der Waals surface area contributed by atoms with Gasteiger partial charge in [-0.05, 0) is 43.9 Å². The van der Waals surface area contributed by atoms with Crippen LogP contribution in [0.1, 0.15) is 36.8 Å². The molecule has 20 heavy (non-hydrogen) atoms. The topological polar surface area (TPSA) is 24.5 Å². The Labute approximate surface area is 122 Å². The van der Waals surface area contributed by atoms with Crippen molar-refractivity contribution in [3.63, 3.8) is 0 Å². The molecule has 0 radical (unpaired) electrons. The first-order valence-corrected chi connectivity index (χ1v) is 7.78. The predicted molar refractivity (Wildman–Crippen MR) is 81.6 cm³/mol. The van der Waals surface area contributed by atoms with Crippen LogP contribution in [0, 0.1) is 0 Å². The zero-order chi connectivity index (χ0) is 13.9. The van der Waals surface area contributed by atoms with Gasteiger partial charge in [0.2, 0.25) is 0 Å². The molecule has 0 spiro atoms. The second kappa shape index (κ2) is 6.25. The fourth-order valence-electron chi connectivity index (χ4n) is 3.79. The van der Waals surface area contributed by atoms with Crippen LogP contribution in [0.2, 0.25) is 0 Å². The second-order valence-corrected chi connectivity index (χ2v) is 6.38. The van der Waals surface area contributed by atoms with Crippen molar-refractivity contribution in [1.29, 1.82) is 0 Å². The third-order valence-corrected chi connectivity index (χ3v) is 4.91. The van der Waals surface area contributed by atoms with E-state index in [0.29, 0.717) is 6.61 Å². The van der Waals surface area contributed by atoms with Gasteiger partial charge in [-0.3, -0.25) is 4.90 Å². The molecule has 1 aromatic carbocycles. The van der Waals surface area contributed by atoms with Gasteiger partial charge in [0.25, 0.3) is 0 Å². The Hall–Kier alpha value is -0.900. The average molecular weight is 274 g/mol. The summed E-state index contributed by atoms with van der Waals surface area (Å²) in [5, 5.41) is 3.72. The SMILES string of the molecule is COCc1ccccc1CN(C)C1CC2CCC(C1)N2. The van der Waals surface area contributed by atoms with Gasteiger partial charge in [0.1, 0.15) is 0 Å². The van der Waals surface area contributed by atoms with Gasteiger partial charge in [-0.15, -0.1) is 0 Å². The average Bonchev–Trinajstić information content (AvgIpc) is 2.80. The molecule has 1 aromatic rings.